The van der Waals surface area contributed by atoms with Gasteiger partial charge in [-0.3, -0.25) is 0 Å². The van der Waals surface area contributed by atoms with Gasteiger partial charge in [-0.05, 0) is 79.4 Å². The van der Waals surface area contributed by atoms with E-state index in [2.05, 4.69) is 15.0 Å². The Balaban J connectivity index is 2.02. The summed E-state index contributed by atoms with van der Waals surface area (Å²) in [6.45, 7) is 5.86. The first kappa shape index (κ1) is 20.7. The molecule has 0 spiro atoms. The van der Waals surface area contributed by atoms with Crippen molar-refractivity contribution in [3.8, 4) is 33.6 Å². The third-order valence-corrected chi connectivity index (χ3v) is 4.97. The van der Waals surface area contributed by atoms with Gasteiger partial charge in [-0.2, -0.15) is 27.5 Å². The van der Waals surface area contributed by atoms with Crippen LogP contribution in [-0.4, -0.2) is 15.0 Å². The third-order valence-electron chi connectivity index (χ3n) is 4.97. The van der Waals surface area contributed by atoms with Crippen LogP contribution in [0.25, 0.3) is 33.6 Å². The Labute approximate surface area is 176 Å². The minimum atomic E-state index is -1.04. The van der Waals surface area contributed by atoms with Crippen LogP contribution >= 0.6 is 0 Å². The summed E-state index contributed by atoms with van der Waals surface area (Å²) in [6.07, 6.45) is 0. The number of nitrogens with zero attached hydrogens (tertiary/aromatic N) is 3. The van der Waals surface area contributed by atoms with Crippen LogP contribution in [0.4, 0.5) is 17.6 Å². The summed E-state index contributed by atoms with van der Waals surface area (Å²) in [5.41, 5.74) is 4.75. The van der Waals surface area contributed by atoms with E-state index in [1.54, 1.807) is 12.1 Å². The number of hydrogen-bond donors (Lipinski definition) is 0. The molecule has 4 aromatic rings. The molecule has 0 aliphatic rings. The largest absolute Gasteiger partial charge is 0.247 e. The molecule has 4 rings (SSSR count). The molecule has 3 nitrogen and oxygen atoms in total. The summed E-state index contributed by atoms with van der Waals surface area (Å²) >= 11 is 0. The normalized spacial score (nSPS) is 11.1. The van der Waals surface area contributed by atoms with Crippen molar-refractivity contribution in [2.45, 2.75) is 20.8 Å². The van der Waals surface area contributed by atoms with Crippen LogP contribution in [0, 0.1) is 44.6 Å². The predicted octanol–water partition coefficient (Wildman–Crippen LogP) is 6.35. The van der Waals surface area contributed by atoms with Gasteiger partial charge in [-0.15, -0.1) is 0 Å². The van der Waals surface area contributed by atoms with Crippen LogP contribution in [0.5, 0.6) is 0 Å². The summed E-state index contributed by atoms with van der Waals surface area (Å²) in [7, 11) is 0. The molecule has 31 heavy (non-hydrogen) atoms. The van der Waals surface area contributed by atoms with Crippen molar-refractivity contribution in [2.75, 3.05) is 0 Å². The first-order valence-electron chi connectivity index (χ1n) is 9.48. The molecule has 0 bridgehead atoms. The second kappa shape index (κ2) is 7.91. The Morgan fingerprint density at radius 1 is 0.581 bits per heavy atom. The van der Waals surface area contributed by atoms with Crippen LogP contribution in [0.15, 0.2) is 48.5 Å². The maximum Gasteiger partial charge on any atom is 0.224 e. The fraction of sp³-hybridized carbons (Fsp3) is 0.125. The minimum absolute atomic E-state index is 0.0394. The molecule has 0 saturated carbocycles. The maximum absolute atomic E-state index is 14.4. The molecule has 0 N–H and O–H groups in total. The van der Waals surface area contributed by atoms with E-state index in [4.69, 9.17) is 0 Å². The lowest BCUT2D eigenvalue weighted by atomic mass is 9.92. The van der Waals surface area contributed by atoms with Crippen LogP contribution in [0.1, 0.15) is 16.7 Å². The molecule has 0 aliphatic carbocycles. The van der Waals surface area contributed by atoms with Crippen LogP contribution < -0.4 is 0 Å². The zero-order valence-corrected chi connectivity index (χ0v) is 17.0. The van der Waals surface area contributed by atoms with E-state index >= 15 is 0 Å². The van der Waals surface area contributed by atoms with Gasteiger partial charge in [0.1, 0.15) is 0 Å². The molecule has 0 fully saturated rings. The monoisotopic (exact) mass is 423 g/mol. The minimum Gasteiger partial charge on any atom is -0.247 e. The van der Waals surface area contributed by atoms with Gasteiger partial charge in [-0.1, -0.05) is 17.7 Å². The molecule has 1 aromatic carbocycles. The van der Waals surface area contributed by atoms with Crippen LogP contribution in [-0.2, 0) is 0 Å². The molecule has 3 aromatic heterocycles. The molecular weight excluding hydrogens is 406 g/mol. The molecule has 0 atom stereocenters. The van der Waals surface area contributed by atoms with Gasteiger partial charge >= 0.3 is 0 Å². The summed E-state index contributed by atoms with van der Waals surface area (Å²) in [5.74, 6) is -4.00. The van der Waals surface area contributed by atoms with Crippen molar-refractivity contribution in [3.05, 3.63) is 89.0 Å². The van der Waals surface area contributed by atoms with Crippen molar-refractivity contribution in [2.24, 2.45) is 0 Å². The van der Waals surface area contributed by atoms with Gasteiger partial charge in [0, 0.05) is 0 Å². The molecular formula is C24H17F4N3. The Morgan fingerprint density at radius 2 is 1.03 bits per heavy atom. The lowest BCUT2D eigenvalue weighted by Gasteiger charge is -2.15. The lowest BCUT2D eigenvalue weighted by molar-refractivity contribution is 0.515. The van der Waals surface area contributed by atoms with Crippen molar-refractivity contribution in [3.63, 3.8) is 0 Å². The fourth-order valence-corrected chi connectivity index (χ4v) is 3.79. The number of halogens is 4. The quantitative estimate of drug-likeness (QED) is 0.285. The number of benzene rings is 1. The van der Waals surface area contributed by atoms with E-state index in [-0.39, 0.29) is 22.5 Å². The first-order valence-corrected chi connectivity index (χ1v) is 9.48. The van der Waals surface area contributed by atoms with E-state index in [0.29, 0.717) is 5.56 Å². The van der Waals surface area contributed by atoms with Crippen LogP contribution in [0.2, 0.25) is 0 Å². The summed E-state index contributed by atoms with van der Waals surface area (Å²) in [4.78, 5) is 10.8. The standard InChI is InChI=1S/C24H17F4N3/c1-12-8-13(2)22(14(3)9-12)15-10-18(16-4-6-20(25)30-23(16)27)29-19(11-15)17-5-7-21(26)31-24(17)28/h4-11H,1-3H3. The van der Waals surface area contributed by atoms with Gasteiger partial charge in [0.25, 0.3) is 0 Å². The molecule has 3 heterocycles. The Hall–Kier alpha value is -3.61. The number of pyridine rings is 3. The van der Waals surface area contributed by atoms with E-state index in [1.165, 1.54) is 12.1 Å². The zero-order chi connectivity index (χ0) is 22.3. The predicted molar refractivity (Wildman–Crippen MR) is 110 cm³/mol. The molecule has 156 valence electrons. The van der Waals surface area contributed by atoms with Gasteiger partial charge < -0.3 is 0 Å². The van der Waals surface area contributed by atoms with Crippen molar-refractivity contribution in [1.29, 1.82) is 0 Å². The Morgan fingerprint density at radius 3 is 1.45 bits per heavy atom. The van der Waals surface area contributed by atoms with Gasteiger partial charge in [0.2, 0.25) is 23.8 Å². The smallest absolute Gasteiger partial charge is 0.224 e. The van der Waals surface area contributed by atoms with E-state index in [0.717, 1.165) is 34.4 Å². The first-order chi connectivity index (χ1) is 14.7. The number of aromatic nitrogens is 3. The maximum atomic E-state index is 14.4. The molecule has 0 radical (unpaired) electrons. The zero-order valence-electron chi connectivity index (χ0n) is 17.0. The molecule has 0 saturated heterocycles. The SMILES string of the molecule is Cc1cc(C)c(-c2cc(-c3ccc(F)nc3F)nc(-c3ccc(F)nc3F)c2)c(C)c1. The number of rotatable bonds is 3. The second-order valence-electron chi connectivity index (χ2n) is 7.34. The van der Waals surface area contributed by atoms with Gasteiger partial charge in [-0.25, -0.2) is 4.98 Å². The topological polar surface area (TPSA) is 38.7 Å². The van der Waals surface area contributed by atoms with Gasteiger partial charge in [0.05, 0.1) is 22.5 Å². The summed E-state index contributed by atoms with van der Waals surface area (Å²) in [5, 5.41) is 0. The average Bonchev–Trinajstić information content (AvgIpc) is 2.67. The second-order valence-corrected chi connectivity index (χ2v) is 7.34. The number of hydrogen-bond acceptors (Lipinski definition) is 3. The molecule has 0 aliphatic heterocycles. The fourth-order valence-electron chi connectivity index (χ4n) is 3.79. The Bertz CT molecular complexity index is 1230. The van der Waals surface area contributed by atoms with E-state index in [1.807, 2.05) is 32.9 Å². The van der Waals surface area contributed by atoms with E-state index in [9.17, 15) is 17.6 Å². The van der Waals surface area contributed by atoms with E-state index < -0.39 is 23.8 Å². The molecule has 7 heteroatoms. The average molecular weight is 423 g/mol. The number of aryl methyl sites for hydroxylation is 3. The van der Waals surface area contributed by atoms with Gasteiger partial charge in [0.15, 0.2) is 0 Å². The molecule has 0 unspecified atom stereocenters. The third kappa shape index (κ3) is 4.03. The van der Waals surface area contributed by atoms with Crippen molar-refractivity contribution >= 4 is 0 Å². The van der Waals surface area contributed by atoms with Crippen molar-refractivity contribution < 1.29 is 17.6 Å². The highest BCUT2D eigenvalue weighted by molar-refractivity contribution is 5.79. The van der Waals surface area contributed by atoms with Crippen molar-refractivity contribution in [1.82, 2.24) is 15.0 Å². The summed E-state index contributed by atoms with van der Waals surface area (Å²) < 4.78 is 55.5. The molecule has 0 amide bonds. The highest BCUT2D eigenvalue weighted by atomic mass is 19.1. The lowest BCUT2D eigenvalue weighted by Crippen LogP contribution is -2.00. The summed E-state index contributed by atoms with van der Waals surface area (Å²) in [6, 6.07) is 11.8. The highest BCUT2D eigenvalue weighted by Gasteiger charge is 2.18. The van der Waals surface area contributed by atoms with Crippen LogP contribution in [0.3, 0.4) is 0 Å². The highest BCUT2D eigenvalue weighted by Crippen LogP contribution is 2.35. The Kier molecular flexibility index (Phi) is 5.27.